The van der Waals surface area contributed by atoms with Gasteiger partial charge >= 0.3 is 0 Å². The van der Waals surface area contributed by atoms with E-state index >= 15 is 0 Å². The Balaban J connectivity index is 2.25. The van der Waals surface area contributed by atoms with Crippen LogP contribution in [0.25, 0.3) is 0 Å². The fraction of sp³-hybridized carbons (Fsp3) is 0.417. The molecule has 0 saturated carbocycles. The molecule has 5 nitrogen and oxygen atoms in total. The molecule has 6 heteroatoms. The molecule has 1 aromatic carbocycles. The summed E-state index contributed by atoms with van der Waals surface area (Å²) in [6.45, 7) is 2.50. The Labute approximate surface area is 106 Å². The summed E-state index contributed by atoms with van der Waals surface area (Å²) in [5, 5.41) is 0. The van der Waals surface area contributed by atoms with Crippen LogP contribution < -0.4 is 0 Å². The van der Waals surface area contributed by atoms with Crippen molar-refractivity contribution in [1.29, 1.82) is 0 Å². The standard InChI is InChI=1S/C12H15NO4S/c1-10-2-4-12(5-3-10)18(15,16)13-6-7-17-11(8-13)9-14/h2-5,9,11H,6-8H2,1H3/t11-/m1/s1. The Kier molecular flexibility index (Phi) is 3.79. The molecule has 0 spiro atoms. The molecule has 1 heterocycles. The van der Waals surface area contributed by atoms with Gasteiger partial charge in [0.25, 0.3) is 0 Å². The largest absolute Gasteiger partial charge is 0.368 e. The zero-order valence-electron chi connectivity index (χ0n) is 10.1. The third-order valence-corrected chi connectivity index (χ3v) is 4.75. The van der Waals surface area contributed by atoms with E-state index in [-0.39, 0.29) is 24.6 Å². The number of sulfonamides is 1. The van der Waals surface area contributed by atoms with E-state index < -0.39 is 16.1 Å². The Morgan fingerprint density at radius 1 is 1.33 bits per heavy atom. The number of hydrogen-bond acceptors (Lipinski definition) is 4. The maximum Gasteiger partial charge on any atom is 0.243 e. The molecule has 1 aliphatic heterocycles. The second kappa shape index (κ2) is 5.17. The molecule has 1 saturated heterocycles. The van der Waals surface area contributed by atoms with E-state index in [1.807, 2.05) is 6.92 Å². The Hall–Kier alpha value is -1.24. The van der Waals surface area contributed by atoms with Crippen LogP contribution in [-0.2, 0) is 19.6 Å². The summed E-state index contributed by atoms with van der Waals surface area (Å²) in [6, 6.07) is 6.67. The number of rotatable bonds is 3. The molecule has 1 atom stereocenters. The molecule has 1 fully saturated rings. The third kappa shape index (κ3) is 2.60. The lowest BCUT2D eigenvalue weighted by Gasteiger charge is -2.29. The fourth-order valence-electron chi connectivity index (χ4n) is 1.81. The van der Waals surface area contributed by atoms with Crippen molar-refractivity contribution >= 4 is 16.3 Å². The first kappa shape index (κ1) is 13.2. The summed E-state index contributed by atoms with van der Waals surface area (Å²) in [7, 11) is -3.53. The van der Waals surface area contributed by atoms with Crippen LogP contribution in [0.4, 0.5) is 0 Å². The molecule has 0 aliphatic carbocycles. The molecular formula is C12H15NO4S. The molecule has 18 heavy (non-hydrogen) atoms. The van der Waals surface area contributed by atoms with Gasteiger partial charge < -0.3 is 9.53 Å². The van der Waals surface area contributed by atoms with Crippen LogP contribution in [0, 0.1) is 6.92 Å². The summed E-state index contributed by atoms with van der Waals surface area (Å²) < 4.78 is 31.1. The van der Waals surface area contributed by atoms with E-state index in [1.54, 1.807) is 24.3 Å². The van der Waals surface area contributed by atoms with Crippen LogP contribution in [0.15, 0.2) is 29.2 Å². The Morgan fingerprint density at radius 2 is 2.00 bits per heavy atom. The minimum Gasteiger partial charge on any atom is -0.368 e. The summed E-state index contributed by atoms with van der Waals surface area (Å²) in [4.78, 5) is 10.9. The molecule has 0 amide bonds. The zero-order valence-corrected chi connectivity index (χ0v) is 10.9. The van der Waals surface area contributed by atoms with Crippen LogP contribution in [0.1, 0.15) is 5.56 Å². The van der Waals surface area contributed by atoms with E-state index in [4.69, 9.17) is 4.74 Å². The van der Waals surface area contributed by atoms with E-state index in [0.29, 0.717) is 6.29 Å². The first-order valence-electron chi connectivity index (χ1n) is 5.68. The van der Waals surface area contributed by atoms with E-state index in [1.165, 1.54) is 4.31 Å². The predicted molar refractivity (Wildman–Crippen MR) is 65.7 cm³/mol. The lowest BCUT2D eigenvalue weighted by Crippen LogP contribution is -2.46. The number of carbonyl (C=O) groups excluding carboxylic acids is 1. The molecule has 98 valence electrons. The summed E-state index contributed by atoms with van der Waals surface area (Å²) in [5.74, 6) is 0. The number of carbonyl (C=O) groups is 1. The molecular weight excluding hydrogens is 254 g/mol. The average molecular weight is 269 g/mol. The summed E-state index contributed by atoms with van der Waals surface area (Å²) >= 11 is 0. The molecule has 0 bridgehead atoms. The number of morpholine rings is 1. The minimum atomic E-state index is -3.53. The van der Waals surface area contributed by atoms with Crippen LogP contribution >= 0.6 is 0 Å². The van der Waals surface area contributed by atoms with Crippen LogP contribution in [0.3, 0.4) is 0 Å². The van der Waals surface area contributed by atoms with Gasteiger partial charge in [0.2, 0.25) is 10.0 Å². The number of hydrogen-bond donors (Lipinski definition) is 0. The van der Waals surface area contributed by atoms with Gasteiger partial charge in [0, 0.05) is 13.1 Å². The van der Waals surface area contributed by atoms with Crippen LogP contribution in [0.2, 0.25) is 0 Å². The molecule has 0 unspecified atom stereocenters. The van der Waals surface area contributed by atoms with Gasteiger partial charge in [-0.3, -0.25) is 0 Å². The number of ether oxygens (including phenoxy) is 1. The highest BCUT2D eigenvalue weighted by Crippen LogP contribution is 2.18. The average Bonchev–Trinajstić information content (AvgIpc) is 2.39. The normalized spacial score (nSPS) is 21.7. The highest BCUT2D eigenvalue weighted by atomic mass is 32.2. The number of nitrogens with zero attached hydrogens (tertiary/aromatic N) is 1. The highest BCUT2D eigenvalue weighted by molar-refractivity contribution is 7.89. The molecule has 0 radical (unpaired) electrons. The highest BCUT2D eigenvalue weighted by Gasteiger charge is 2.30. The molecule has 1 aliphatic rings. The van der Waals surface area contributed by atoms with Crippen molar-refractivity contribution in [2.75, 3.05) is 19.7 Å². The van der Waals surface area contributed by atoms with Gasteiger partial charge in [-0.25, -0.2) is 8.42 Å². The maximum absolute atomic E-state index is 12.3. The first-order valence-corrected chi connectivity index (χ1v) is 7.12. The maximum atomic E-state index is 12.3. The van der Waals surface area contributed by atoms with Gasteiger partial charge in [0.05, 0.1) is 11.5 Å². The van der Waals surface area contributed by atoms with Gasteiger partial charge in [-0.05, 0) is 19.1 Å². The van der Waals surface area contributed by atoms with E-state index in [2.05, 4.69) is 0 Å². The lowest BCUT2D eigenvalue weighted by atomic mass is 10.2. The molecule has 0 aromatic heterocycles. The van der Waals surface area contributed by atoms with Gasteiger partial charge in [0.1, 0.15) is 12.4 Å². The van der Waals surface area contributed by atoms with Crippen LogP contribution in [0.5, 0.6) is 0 Å². The topological polar surface area (TPSA) is 63.7 Å². The van der Waals surface area contributed by atoms with Crippen molar-refractivity contribution in [2.45, 2.75) is 17.9 Å². The van der Waals surface area contributed by atoms with Crippen molar-refractivity contribution < 1.29 is 17.9 Å². The molecule has 0 N–H and O–H groups in total. The Morgan fingerprint density at radius 3 is 2.61 bits per heavy atom. The lowest BCUT2D eigenvalue weighted by molar-refractivity contribution is -0.121. The third-order valence-electron chi connectivity index (χ3n) is 2.87. The molecule has 2 rings (SSSR count). The van der Waals surface area contributed by atoms with E-state index in [9.17, 15) is 13.2 Å². The van der Waals surface area contributed by atoms with Crippen molar-refractivity contribution in [3.05, 3.63) is 29.8 Å². The van der Waals surface area contributed by atoms with Gasteiger partial charge in [-0.2, -0.15) is 4.31 Å². The quantitative estimate of drug-likeness (QED) is 0.753. The fourth-order valence-corrected chi connectivity index (χ4v) is 3.25. The smallest absolute Gasteiger partial charge is 0.243 e. The van der Waals surface area contributed by atoms with Crippen molar-refractivity contribution in [3.8, 4) is 0 Å². The van der Waals surface area contributed by atoms with Gasteiger partial charge in [0.15, 0.2) is 0 Å². The number of benzene rings is 1. The van der Waals surface area contributed by atoms with Crippen molar-refractivity contribution in [3.63, 3.8) is 0 Å². The monoisotopic (exact) mass is 269 g/mol. The minimum absolute atomic E-state index is 0.0830. The summed E-state index contributed by atoms with van der Waals surface area (Å²) in [5.41, 5.74) is 1.00. The van der Waals surface area contributed by atoms with Crippen molar-refractivity contribution in [1.82, 2.24) is 4.31 Å². The molecule has 1 aromatic rings. The zero-order chi connectivity index (χ0) is 13.2. The van der Waals surface area contributed by atoms with Crippen LogP contribution in [-0.4, -0.2) is 44.8 Å². The van der Waals surface area contributed by atoms with Gasteiger partial charge in [-0.1, -0.05) is 17.7 Å². The van der Waals surface area contributed by atoms with Crippen molar-refractivity contribution in [2.24, 2.45) is 0 Å². The van der Waals surface area contributed by atoms with E-state index in [0.717, 1.165) is 5.56 Å². The first-order chi connectivity index (χ1) is 8.54. The van der Waals surface area contributed by atoms with Gasteiger partial charge in [-0.15, -0.1) is 0 Å². The second-order valence-electron chi connectivity index (χ2n) is 4.22. The Bertz CT molecular complexity index is 524. The number of aryl methyl sites for hydroxylation is 1. The summed E-state index contributed by atoms with van der Waals surface area (Å²) in [6.07, 6.45) is -0.0319. The SMILES string of the molecule is Cc1ccc(S(=O)(=O)N2CCO[C@@H](C=O)C2)cc1. The predicted octanol–water partition coefficient (Wildman–Crippen LogP) is 0.583. The second-order valence-corrected chi connectivity index (χ2v) is 6.16. The number of aldehydes is 1.